The average Bonchev–Trinajstić information content (AvgIpc) is 2.19. The van der Waals surface area contributed by atoms with E-state index in [-0.39, 0.29) is 6.61 Å². The van der Waals surface area contributed by atoms with Gasteiger partial charge in [0.15, 0.2) is 0 Å². The second kappa shape index (κ2) is 5.44. The van der Waals surface area contributed by atoms with Crippen LogP contribution in [0.25, 0.3) is 16.1 Å². The first-order valence-electron chi connectivity index (χ1n) is 3.90. The fourth-order valence-corrected chi connectivity index (χ4v) is 1.24. The monoisotopic (exact) mass is 253 g/mol. The molecule has 0 aromatic heterocycles. The molecular formula is C9H8BrN3O. The highest BCUT2D eigenvalue weighted by atomic mass is 79.9. The molecule has 5 heteroatoms. The van der Waals surface area contributed by atoms with Gasteiger partial charge in [0.05, 0.1) is 6.61 Å². The van der Waals surface area contributed by atoms with Crippen LogP contribution < -0.4 is 0 Å². The minimum Gasteiger partial charge on any atom is -0.392 e. The number of aliphatic hydroxyl groups is 1. The molecule has 0 aliphatic rings. The van der Waals surface area contributed by atoms with Gasteiger partial charge in [0.2, 0.25) is 0 Å². The minimum atomic E-state index is -0.148. The van der Waals surface area contributed by atoms with Crippen LogP contribution in [0.2, 0.25) is 0 Å². The van der Waals surface area contributed by atoms with Gasteiger partial charge in [-0.05, 0) is 29.3 Å². The summed E-state index contributed by atoms with van der Waals surface area (Å²) in [7, 11) is 0. The molecule has 1 aromatic rings. The summed E-state index contributed by atoms with van der Waals surface area (Å²) in [6, 6.07) is 7.29. The molecule has 14 heavy (non-hydrogen) atoms. The van der Waals surface area contributed by atoms with Crippen LogP contribution in [0.3, 0.4) is 0 Å². The third kappa shape index (κ3) is 2.88. The minimum absolute atomic E-state index is 0.148. The fourth-order valence-electron chi connectivity index (χ4n) is 0.972. The maximum absolute atomic E-state index is 8.71. The van der Waals surface area contributed by atoms with Gasteiger partial charge >= 0.3 is 0 Å². The third-order valence-corrected chi connectivity index (χ3v) is 2.11. The van der Waals surface area contributed by atoms with E-state index in [2.05, 4.69) is 26.0 Å². The van der Waals surface area contributed by atoms with Crippen LogP contribution in [0.15, 0.2) is 39.9 Å². The summed E-state index contributed by atoms with van der Waals surface area (Å²) >= 11 is 3.30. The molecule has 1 N–H and O–H groups in total. The quantitative estimate of drug-likeness (QED) is 0.502. The van der Waals surface area contributed by atoms with Crippen molar-refractivity contribution in [2.24, 2.45) is 5.11 Å². The van der Waals surface area contributed by atoms with Gasteiger partial charge in [-0.25, -0.2) is 0 Å². The standard InChI is InChI=1S/C9H8BrN3O/c10-8-3-1-7(2-4-8)9(5-6-14)12-13-11/h1-5,14H,6H2/b9-5-. The van der Waals surface area contributed by atoms with E-state index < -0.39 is 0 Å². The fraction of sp³-hybridized carbons (Fsp3) is 0.111. The Hall–Kier alpha value is -1.29. The first-order valence-corrected chi connectivity index (χ1v) is 4.69. The lowest BCUT2D eigenvalue weighted by molar-refractivity contribution is 0.343. The summed E-state index contributed by atoms with van der Waals surface area (Å²) in [4.78, 5) is 2.69. The average molecular weight is 254 g/mol. The van der Waals surface area contributed by atoms with Gasteiger partial charge in [-0.15, -0.1) is 0 Å². The van der Waals surface area contributed by atoms with Crippen molar-refractivity contribution in [1.29, 1.82) is 0 Å². The number of halogens is 1. The molecule has 1 aromatic carbocycles. The zero-order valence-corrected chi connectivity index (χ0v) is 8.85. The van der Waals surface area contributed by atoms with Gasteiger partial charge < -0.3 is 5.11 Å². The molecular weight excluding hydrogens is 246 g/mol. The predicted octanol–water partition coefficient (Wildman–Crippen LogP) is 3.09. The second-order valence-corrected chi connectivity index (χ2v) is 3.38. The molecule has 0 spiro atoms. The molecule has 72 valence electrons. The third-order valence-electron chi connectivity index (χ3n) is 1.58. The molecule has 0 aliphatic carbocycles. The molecule has 0 radical (unpaired) electrons. The highest BCUT2D eigenvalue weighted by Gasteiger charge is 1.97. The molecule has 0 aliphatic heterocycles. The first kappa shape index (κ1) is 10.8. The van der Waals surface area contributed by atoms with Crippen molar-refractivity contribution >= 4 is 21.6 Å². The van der Waals surface area contributed by atoms with Crippen LogP contribution in [0.1, 0.15) is 5.56 Å². The number of hydrogen-bond acceptors (Lipinski definition) is 2. The Morgan fingerprint density at radius 2 is 2.14 bits per heavy atom. The first-order chi connectivity index (χ1) is 6.77. The number of nitrogens with zero attached hydrogens (tertiary/aromatic N) is 3. The Morgan fingerprint density at radius 1 is 1.50 bits per heavy atom. The van der Waals surface area contributed by atoms with Crippen molar-refractivity contribution in [3.63, 3.8) is 0 Å². The van der Waals surface area contributed by atoms with E-state index in [9.17, 15) is 0 Å². The van der Waals surface area contributed by atoms with E-state index in [1.807, 2.05) is 12.1 Å². The number of benzene rings is 1. The zero-order chi connectivity index (χ0) is 10.4. The highest BCUT2D eigenvalue weighted by Crippen LogP contribution is 2.18. The van der Waals surface area contributed by atoms with Crippen molar-refractivity contribution in [3.8, 4) is 0 Å². The van der Waals surface area contributed by atoms with E-state index >= 15 is 0 Å². The van der Waals surface area contributed by atoms with Gasteiger partial charge in [0, 0.05) is 15.1 Å². The van der Waals surface area contributed by atoms with Crippen molar-refractivity contribution < 1.29 is 5.11 Å². The molecule has 1 rings (SSSR count). The SMILES string of the molecule is [N-]=[N+]=N/C(=C\CO)c1ccc(Br)cc1. The van der Waals surface area contributed by atoms with Gasteiger partial charge in [-0.2, -0.15) is 0 Å². The normalized spacial score (nSPS) is 10.9. The summed E-state index contributed by atoms with van der Waals surface area (Å²) in [6.07, 6.45) is 1.46. The van der Waals surface area contributed by atoms with E-state index in [1.54, 1.807) is 12.1 Å². The maximum atomic E-state index is 8.71. The van der Waals surface area contributed by atoms with Crippen molar-refractivity contribution in [3.05, 3.63) is 50.8 Å². The lowest BCUT2D eigenvalue weighted by Crippen LogP contribution is -1.82. The summed E-state index contributed by atoms with van der Waals surface area (Å²) < 4.78 is 0.950. The summed E-state index contributed by atoms with van der Waals surface area (Å²) in [5.41, 5.74) is 9.52. The Balaban J connectivity index is 3.06. The molecule has 0 fully saturated rings. The lowest BCUT2D eigenvalue weighted by atomic mass is 10.1. The van der Waals surface area contributed by atoms with E-state index in [0.717, 1.165) is 10.0 Å². The van der Waals surface area contributed by atoms with Gasteiger partial charge in [-0.3, -0.25) is 0 Å². The Labute approximate surface area is 89.6 Å². The van der Waals surface area contributed by atoms with Crippen molar-refractivity contribution in [2.75, 3.05) is 6.61 Å². The highest BCUT2D eigenvalue weighted by molar-refractivity contribution is 9.10. The van der Waals surface area contributed by atoms with Crippen LogP contribution in [0.4, 0.5) is 0 Å². The topological polar surface area (TPSA) is 69.0 Å². The molecule has 0 atom stereocenters. The predicted molar refractivity (Wildman–Crippen MR) is 58.4 cm³/mol. The smallest absolute Gasteiger partial charge is 0.0620 e. The van der Waals surface area contributed by atoms with Gasteiger partial charge in [-0.1, -0.05) is 33.2 Å². The Kier molecular flexibility index (Phi) is 4.19. The second-order valence-electron chi connectivity index (χ2n) is 2.47. The molecule has 0 heterocycles. The van der Waals surface area contributed by atoms with Gasteiger partial charge in [0.1, 0.15) is 0 Å². The van der Waals surface area contributed by atoms with Crippen LogP contribution >= 0.6 is 15.9 Å². The van der Waals surface area contributed by atoms with Gasteiger partial charge in [0.25, 0.3) is 0 Å². The number of hydrogen-bond donors (Lipinski definition) is 1. The molecule has 0 saturated heterocycles. The molecule has 0 bridgehead atoms. The van der Waals surface area contributed by atoms with Crippen molar-refractivity contribution in [2.45, 2.75) is 0 Å². The van der Waals surface area contributed by atoms with E-state index in [0.29, 0.717) is 5.70 Å². The summed E-state index contributed by atoms with van der Waals surface area (Å²) in [5.74, 6) is 0. The summed E-state index contributed by atoms with van der Waals surface area (Å²) in [5, 5.41) is 12.2. The van der Waals surface area contributed by atoms with Crippen LogP contribution in [0.5, 0.6) is 0 Å². The molecule has 0 amide bonds. The molecule has 4 nitrogen and oxygen atoms in total. The molecule has 0 unspecified atom stereocenters. The van der Waals surface area contributed by atoms with Crippen LogP contribution in [0, 0.1) is 0 Å². The number of rotatable bonds is 3. The van der Waals surface area contributed by atoms with E-state index in [1.165, 1.54) is 6.08 Å². The maximum Gasteiger partial charge on any atom is 0.0620 e. The van der Waals surface area contributed by atoms with E-state index in [4.69, 9.17) is 10.6 Å². The number of azide groups is 1. The lowest BCUT2D eigenvalue weighted by Gasteiger charge is -2.00. The van der Waals surface area contributed by atoms with Crippen LogP contribution in [-0.2, 0) is 0 Å². The van der Waals surface area contributed by atoms with Crippen molar-refractivity contribution in [1.82, 2.24) is 0 Å². The summed E-state index contributed by atoms with van der Waals surface area (Å²) in [6.45, 7) is -0.148. The Bertz CT molecular complexity index is 380. The zero-order valence-electron chi connectivity index (χ0n) is 7.26. The number of aliphatic hydroxyl groups excluding tert-OH is 1. The molecule has 0 saturated carbocycles. The van der Waals surface area contributed by atoms with Crippen LogP contribution in [-0.4, -0.2) is 11.7 Å². The largest absolute Gasteiger partial charge is 0.392 e. The Morgan fingerprint density at radius 3 is 2.64 bits per heavy atom.